The van der Waals surface area contributed by atoms with Crippen molar-refractivity contribution >= 4 is 10.0 Å². The van der Waals surface area contributed by atoms with Crippen LogP contribution in [0.3, 0.4) is 0 Å². The Labute approximate surface area is 125 Å². The van der Waals surface area contributed by atoms with E-state index in [4.69, 9.17) is 4.74 Å². The van der Waals surface area contributed by atoms with Crippen LogP contribution in [0.2, 0.25) is 0 Å². The number of hydrogen-bond donors (Lipinski definition) is 1. The lowest BCUT2D eigenvalue weighted by atomic mass is 10.0. The number of nitrogens with one attached hydrogen (secondary N) is 1. The van der Waals surface area contributed by atoms with Crippen LogP contribution in [0.15, 0.2) is 23.1 Å². The first-order valence-electron chi connectivity index (χ1n) is 6.64. The number of sulfonamides is 1. The highest BCUT2D eigenvalue weighted by atomic mass is 32.2. The van der Waals surface area contributed by atoms with Crippen LogP contribution in [0.5, 0.6) is 0 Å². The summed E-state index contributed by atoms with van der Waals surface area (Å²) in [5.41, 5.74) is -1.60. The fourth-order valence-electron chi connectivity index (χ4n) is 2.17. The second kappa shape index (κ2) is 6.51. The number of benzene rings is 1. The van der Waals surface area contributed by atoms with Crippen LogP contribution in [-0.4, -0.2) is 28.2 Å². The first-order chi connectivity index (χ1) is 10.2. The first kappa shape index (κ1) is 17.2. The van der Waals surface area contributed by atoms with E-state index in [0.29, 0.717) is 25.3 Å². The van der Waals surface area contributed by atoms with Crippen molar-refractivity contribution in [1.29, 1.82) is 0 Å². The van der Waals surface area contributed by atoms with Gasteiger partial charge in [-0.1, -0.05) is 0 Å². The van der Waals surface area contributed by atoms with E-state index in [1.165, 1.54) is 0 Å². The quantitative estimate of drug-likeness (QED) is 0.857. The predicted molar refractivity (Wildman–Crippen MR) is 70.1 cm³/mol. The molecule has 1 N–H and O–H groups in total. The molecule has 0 bridgehead atoms. The summed E-state index contributed by atoms with van der Waals surface area (Å²) in [6, 6.07) is 1.61. The Morgan fingerprint density at radius 1 is 1.32 bits per heavy atom. The highest BCUT2D eigenvalue weighted by molar-refractivity contribution is 7.89. The maximum atomic E-state index is 13.2. The SMILES string of the molecule is O=S(=O)(NCC1CCCOC1)c1ccc(F)c(C(F)(F)F)c1. The summed E-state index contributed by atoms with van der Waals surface area (Å²) in [5, 5.41) is 0. The molecule has 1 aromatic rings. The summed E-state index contributed by atoms with van der Waals surface area (Å²) in [6.07, 6.45) is -3.37. The molecule has 1 aliphatic heterocycles. The van der Waals surface area contributed by atoms with Gasteiger partial charge in [0.15, 0.2) is 0 Å². The van der Waals surface area contributed by atoms with Crippen molar-refractivity contribution in [2.24, 2.45) is 5.92 Å². The van der Waals surface area contributed by atoms with Gasteiger partial charge in [-0.15, -0.1) is 0 Å². The van der Waals surface area contributed by atoms with Gasteiger partial charge in [0.1, 0.15) is 5.82 Å². The zero-order chi connectivity index (χ0) is 16.4. The van der Waals surface area contributed by atoms with E-state index < -0.39 is 32.5 Å². The number of halogens is 4. The zero-order valence-electron chi connectivity index (χ0n) is 11.5. The van der Waals surface area contributed by atoms with Crippen molar-refractivity contribution in [3.05, 3.63) is 29.6 Å². The van der Waals surface area contributed by atoms with Gasteiger partial charge < -0.3 is 4.74 Å². The minimum atomic E-state index is -4.95. The second-order valence-electron chi connectivity index (χ2n) is 5.07. The van der Waals surface area contributed by atoms with Gasteiger partial charge in [0.05, 0.1) is 17.1 Å². The summed E-state index contributed by atoms with van der Waals surface area (Å²) in [5.74, 6) is -1.53. The van der Waals surface area contributed by atoms with E-state index in [0.717, 1.165) is 18.9 Å². The molecule has 1 heterocycles. The molecule has 1 aromatic carbocycles. The summed E-state index contributed by atoms with van der Waals surface area (Å²) < 4.78 is 82.5. The molecule has 4 nitrogen and oxygen atoms in total. The van der Waals surface area contributed by atoms with Crippen molar-refractivity contribution in [2.75, 3.05) is 19.8 Å². The molecule has 0 aliphatic carbocycles. The smallest absolute Gasteiger partial charge is 0.381 e. The Morgan fingerprint density at radius 3 is 2.64 bits per heavy atom. The van der Waals surface area contributed by atoms with Gasteiger partial charge in [-0.05, 0) is 37.0 Å². The molecular weight excluding hydrogens is 326 g/mol. The van der Waals surface area contributed by atoms with E-state index in [9.17, 15) is 26.0 Å². The van der Waals surface area contributed by atoms with E-state index in [2.05, 4.69) is 4.72 Å². The van der Waals surface area contributed by atoms with Gasteiger partial charge in [0.2, 0.25) is 10.0 Å². The van der Waals surface area contributed by atoms with E-state index in [1.807, 2.05) is 0 Å². The highest BCUT2D eigenvalue weighted by Crippen LogP contribution is 2.32. The molecule has 1 unspecified atom stereocenters. The van der Waals surface area contributed by atoms with Crippen molar-refractivity contribution < 1.29 is 30.7 Å². The molecule has 0 radical (unpaired) electrons. The minimum absolute atomic E-state index is 0.0222. The third-order valence-corrected chi connectivity index (χ3v) is 4.79. The predicted octanol–water partition coefficient (Wildman–Crippen LogP) is 2.55. The molecule has 1 aliphatic rings. The van der Waals surface area contributed by atoms with Crippen LogP contribution >= 0.6 is 0 Å². The number of rotatable bonds is 4. The lowest BCUT2D eigenvalue weighted by Crippen LogP contribution is -2.33. The molecule has 0 amide bonds. The van der Waals surface area contributed by atoms with Gasteiger partial charge >= 0.3 is 6.18 Å². The summed E-state index contributed by atoms with van der Waals surface area (Å²) in [4.78, 5) is -0.613. The molecular formula is C13H15F4NO3S. The van der Waals surface area contributed by atoms with Crippen LogP contribution < -0.4 is 4.72 Å². The van der Waals surface area contributed by atoms with E-state index in [-0.39, 0.29) is 12.5 Å². The Kier molecular flexibility index (Phi) is 5.08. The lowest BCUT2D eigenvalue weighted by Gasteiger charge is -2.22. The molecule has 9 heteroatoms. The van der Waals surface area contributed by atoms with Crippen LogP contribution in [0.25, 0.3) is 0 Å². The van der Waals surface area contributed by atoms with Crippen LogP contribution in [0.4, 0.5) is 17.6 Å². The monoisotopic (exact) mass is 341 g/mol. The summed E-state index contributed by atoms with van der Waals surface area (Å²) >= 11 is 0. The molecule has 0 aromatic heterocycles. The third-order valence-electron chi connectivity index (χ3n) is 3.37. The van der Waals surface area contributed by atoms with Crippen molar-refractivity contribution in [3.63, 3.8) is 0 Å². The molecule has 1 saturated heterocycles. The van der Waals surface area contributed by atoms with Crippen LogP contribution in [0.1, 0.15) is 18.4 Å². The summed E-state index contributed by atoms with van der Waals surface area (Å²) in [7, 11) is -4.13. The normalized spacial score (nSPS) is 20.1. The highest BCUT2D eigenvalue weighted by Gasteiger charge is 2.35. The molecule has 0 spiro atoms. The molecule has 22 heavy (non-hydrogen) atoms. The van der Waals surface area contributed by atoms with Crippen LogP contribution in [-0.2, 0) is 20.9 Å². The maximum absolute atomic E-state index is 13.2. The molecule has 2 rings (SSSR count). The average molecular weight is 341 g/mol. The molecule has 1 atom stereocenters. The molecule has 124 valence electrons. The minimum Gasteiger partial charge on any atom is -0.381 e. The van der Waals surface area contributed by atoms with Crippen LogP contribution in [0, 0.1) is 11.7 Å². The van der Waals surface area contributed by atoms with Crippen molar-refractivity contribution in [2.45, 2.75) is 23.9 Å². The fourth-order valence-corrected chi connectivity index (χ4v) is 3.31. The largest absolute Gasteiger partial charge is 0.419 e. The molecule has 0 saturated carbocycles. The second-order valence-corrected chi connectivity index (χ2v) is 6.84. The van der Waals surface area contributed by atoms with Gasteiger partial charge in [-0.2, -0.15) is 13.2 Å². The number of alkyl halides is 3. The Hall–Kier alpha value is -1.19. The maximum Gasteiger partial charge on any atom is 0.419 e. The zero-order valence-corrected chi connectivity index (χ0v) is 12.3. The Morgan fingerprint density at radius 2 is 2.05 bits per heavy atom. The van der Waals surface area contributed by atoms with E-state index in [1.54, 1.807) is 0 Å². The van der Waals surface area contributed by atoms with Crippen molar-refractivity contribution in [1.82, 2.24) is 4.72 Å². The fraction of sp³-hybridized carbons (Fsp3) is 0.538. The number of hydrogen-bond acceptors (Lipinski definition) is 3. The van der Waals surface area contributed by atoms with Crippen molar-refractivity contribution in [3.8, 4) is 0 Å². The Bertz CT molecular complexity index is 625. The van der Waals surface area contributed by atoms with Gasteiger partial charge in [0.25, 0.3) is 0 Å². The average Bonchev–Trinajstić information content (AvgIpc) is 2.45. The van der Waals surface area contributed by atoms with E-state index >= 15 is 0 Å². The first-order valence-corrected chi connectivity index (χ1v) is 8.12. The topological polar surface area (TPSA) is 55.4 Å². The van der Waals surface area contributed by atoms with Gasteiger partial charge in [0, 0.05) is 13.2 Å². The lowest BCUT2D eigenvalue weighted by molar-refractivity contribution is -0.140. The van der Waals surface area contributed by atoms with Gasteiger partial charge in [-0.25, -0.2) is 17.5 Å². The number of ether oxygens (including phenoxy) is 1. The van der Waals surface area contributed by atoms with Gasteiger partial charge in [-0.3, -0.25) is 0 Å². The Balaban J connectivity index is 2.15. The standard InChI is InChI=1S/C13H15F4NO3S/c14-12-4-3-10(6-11(12)13(15,16)17)22(19,20)18-7-9-2-1-5-21-8-9/h3-4,6,9,18H,1-2,5,7-8H2. The third kappa shape index (κ3) is 4.17. The summed E-state index contributed by atoms with van der Waals surface area (Å²) in [6.45, 7) is 1.09. The molecule has 1 fully saturated rings.